The van der Waals surface area contributed by atoms with Gasteiger partial charge in [-0.15, -0.1) is 5.10 Å². The summed E-state index contributed by atoms with van der Waals surface area (Å²) in [5.41, 5.74) is 4.25. The average Bonchev–Trinajstić information content (AvgIpc) is 3.10. The number of rotatable bonds is 4. The van der Waals surface area contributed by atoms with Gasteiger partial charge in [0, 0.05) is 17.7 Å². The molecule has 118 valence electrons. The van der Waals surface area contributed by atoms with Crippen LogP contribution in [0.3, 0.4) is 0 Å². The van der Waals surface area contributed by atoms with E-state index in [1.54, 1.807) is 7.11 Å². The smallest absolute Gasteiger partial charge is 0.301 e. The van der Waals surface area contributed by atoms with Crippen LogP contribution in [-0.4, -0.2) is 29.0 Å². The lowest BCUT2D eigenvalue weighted by molar-refractivity contribution is 0.415. The molecule has 0 fully saturated rings. The summed E-state index contributed by atoms with van der Waals surface area (Å²) in [6.45, 7) is 0.199. The number of nitrogens with zero attached hydrogens (tertiary/aromatic N) is 3. The molecular formula is C18H17BN4O. The molecule has 1 N–H and O–H groups in total. The number of methoxy groups -OCH3 is 1. The number of fused-ring (bicyclic) bond motifs is 1. The molecule has 4 rings (SSSR count). The molecule has 0 saturated heterocycles. The molecule has 0 atom stereocenters. The molecule has 0 unspecified atom stereocenters. The van der Waals surface area contributed by atoms with Gasteiger partial charge in [-0.25, -0.2) is 0 Å². The molecule has 24 heavy (non-hydrogen) atoms. The zero-order valence-electron chi connectivity index (χ0n) is 13.4. The first-order chi connectivity index (χ1) is 11.8. The van der Waals surface area contributed by atoms with Crippen molar-refractivity contribution >= 4 is 18.6 Å². The van der Waals surface area contributed by atoms with Crippen LogP contribution in [0.5, 0.6) is 5.75 Å². The normalized spacial score (nSPS) is 12.6. The zero-order valence-corrected chi connectivity index (χ0v) is 13.4. The molecular weight excluding hydrogens is 299 g/mol. The van der Waals surface area contributed by atoms with E-state index < -0.39 is 0 Å². The number of benzene rings is 2. The van der Waals surface area contributed by atoms with Crippen LogP contribution in [0.1, 0.15) is 5.56 Å². The third-order valence-electron chi connectivity index (χ3n) is 4.12. The first kappa shape index (κ1) is 14.6. The summed E-state index contributed by atoms with van der Waals surface area (Å²) in [5.74, 6) is 3.00. The molecule has 0 aliphatic carbocycles. The van der Waals surface area contributed by atoms with Gasteiger partial charge in [0.25, 0.3) is 0 Å². The van der Waals surface area contributed by atoms with Gasteiger partial charge in [-0.05, 0) is 35.9 Å². The van der Waals surface area contributed by atoms with Crippen LogP contribution in [0, 0.1) is 0 Å². The maximum atomic E-state index is 5.18. The monoisotopic (exact) mass is 316 g/mol. The Balaban J connectivity index is 1.48. The molecule has 1 aliphatic heterocycles. The van der Waals surface area contributed by atoms with E-state index in [0.29, 0.717) is 0 Å². The number of hydrogen-bond donors (Lipinski definition) is 1. The van der Waals surface area contributed by atoms with Crippen LogP contribution in [0.4, 0.5) is 5.69 Å². The second-order valence-electron chi connectivity index (χ2n) is 5.75. The van der Waals surface area contributed by atoms with Gasteiger partial charge in [0.2, 0.25) is 0 Å². The lowest BCUT2D eigenvalue weighted by Crippen LogP contribution is -2.31. The topological polar surface area (TPSA) is 52.0 Å². The van der Waals surface area contributed by atoms with Crippen molar-refractivity contribution in [2.45, 2.75) is 6.44 Å². The molecule has 2 aromatic carbocycles. The van der Waals surface area contributed by atoms with Crippen molar-refractivity contribution in [3.63, 3.8) is 0 Å². The Kier molecular flexibility index (Phi) is 3.79. The lowest BCUT2D eigenvalue weighted by atomic mass is 9.60. The SMILES string of the molecule is COc1ccc(-c2cn(CB3C=Cc4ccccc4N3)nn2)cc1. The minimum absolute atomic E-state index is 0.199. The predicted octanol–water partition coefficient (Wildman–Crippen LogP) is 3.16. The van der Waals surface area contributed by atoms with Crippen molar-refractivity contribution in [3.8, 4) is 17.0 Å². The molecule has 0 radical (unpaired) electrons. The molecule has 1 aliphatic rings. The van der Waals surface area contributed by atoms with Gasteiger partial charge in [0.1, 0.15) is 11.4 Å². The van der Waals surface area contributed by atoms with Gasteiger partial charge in [-0.3, -0.25) is 4.68 Å². The van der Waals surface area contributed by atoms with Crippen LogP contribution in [0.2, 0.25) is 0 Å². The fraction of sp³-hybridized carbons (Fsp3) is 0.111. The van der Waals surface area contributed by atoms with Crippen LogP contribution in [0.15, 0.2) is 60.7 Å². The maximum Gasteiger partial charge on any atom is 0.301 e. The largest absolute Gasteiger partial charge is 0.497 e. The van der Waals surface area contributed by atoms with E-state index in [-0.39, 0.29) is 6.85 Å². The van der Waals surface area contributed by atoms with Crippen molar-refractivity contribution in [3.05, 3.63) is 66.3 Å². The van der Waals surface area contributed by atoms with Crippen LogP contribution < -0.4 is 9.96 Å². The Hall–Kier alpha value is -3.02. The van der Waals surface area contributed by atoms with E-state index in [4.69, 9.17) is 4.74 Å². The van der Waals surface area contributed by atoms with Gasteiger partial charge in [0.15, 0.2) is 0 Å². The molecule has 5 nitrogen and oxygen atoms in total. The summed E-state index contributed by atoms with van der Waals surface area (Å²) < 4.78 is 7.05. The van der Waals surface area contributed by atoms with E-state index in [2.05, 4.69) is 39.7 Å². The number of ether oxygens (including phenoxy) is 1. The summed E-state index contributed by atoms with van der Waals surface area (Å²) in [4.78, 5) is 0. The second kappa shape index (κ2) is 6.24. The van der Waals surface area contributed by atoms with Gasteiger partial charge < -0.3 is 9.96 Å². The fourth-order valence-electron chi connectivity index (χ4n) is 2.83. The number of anilines is 1. The molecule has 0 saturated carbocycles. The summed E-state index contributed by atoms with van der Waals surface area (Å²) in [6, 6.07) is 16.1. The highest BCUT2D eigenvalue weighted by molar-refractivity contribution is 6.68. The highest BCUT2D eigenvalue weighted by Gasteiger charge is 2.18. The first-order valence-electron chi connectivity index (χ1n) is 7.90. The van der Waals surface area contributed by atoms with Crippen molar-refractivity contribution in [1.82, 2.24) is 15.0 Å². The van der Waals surface area contributed by atoms with E-state index in [0.717, 1.165) is 29.1 Å². The quantitative estimate of drug-likeness (QED) is 0.751. The Labute approximate surface area is 141 Å². The lowest BCUT2D eigenvalue weighted by Gasteiger charge is -2.19. The van der Waals surface area contributed by atoms with E-state index >= 15 is 0 Å². The second-order valence-corrected chi connectivity index (χ2v) is 5.75. The number of para-hydroxylation sites is 1. The minimum atomic E-state index is 0.199. The van der Waals surface area contributed by atoms with Crippen molar-refractivity contribution in [2.75, 3.05) is 12.3 Å². The molecule has 1 aromatic heterocycles. The number of hydrogen-bond acceptors (Lipinski definition) is 4. The van der Waals surface area contributed by atoms with Gasteiger partial charge >= 0.3 is 6.85 Å². The Morgan fingerprint density at radius 1 is 1.12 bits per heavy atom. The molecule has 0 spiro atoms. The molecule has 0 amide bonds. The van der Waals surface area contributed by atoms with Gasteiger partial charge in [0.05, 0.1) is 13.3 Å². The number of aromatic nitrogens is 3. The number of nitrogens with one attached hydrogen (secondary N) is 1. The van der Waals surface area contributed by atoms with Gasteiger partial charge in [-0.2, -0.15) is 0 Å². The van der Waals surface area contributed by atoms with Crippen molar-refractivity contribution in [1.29, 1.82) is 0 Å². The van der Waals surface area contributed by atoms with Crippen LogP contribution in [0.25, 0.3) is 17.3 Å². The molecule has 0 bridgehead atoms. The highest BCUT2D eigenvalue weighted by Crippen LogP contribution is 2.22. The van der Waals surface area contributed by atoms with Crippen LogP contribution >= 0.6 is 0 Å². The zero-order chi connectivity index (χ0) is 16.4. The Morgan fingerprint density at radius 2 is 1.96 bits per heavy atom. The van der Waals surface area contributed by atoms with Gasteiger partial charge in [-0.1, -0.05) is 35.5 Å². The first-order valence-corrected chi connectivity index (χ1v) is 7.90. The van der Waals surface area contributed by atoms with E-state index in [1.807, 2.05) is 47.3 Å². The molecule has 3 aromatic rings. The Morgan fingerprint density at radius 3 is 2.79 bits per heavy atom. The third kappa shape index (κ3) is 2.90. The predicted molar refractivity (Wildman–Crippen MR) is 96.9 cm³/mol. The molecule has 2 heterocycles. The summed E-state index contributed by atoms with van der Waals surface area (Å²) in [6.07, 6.45) is 4.85. The Bertz CT molecular complexity index is 873. The van der Waals surface area contributed by atoms with Crippen molar-refractivity contribution < 1.29 is 4.74 Å². The third-order valence-corrected chi connectivity index (χ3v) is 4.12. The standard InChI is InChI=1S/C18H17BN4O/c1-24-16-8-6-15(7-9-16)18-12-23(22-21-18)13-19-11-10-14-4-2-3-5-17(14)20-19/h2-12,20H,13H2,1H3. The fourth-order valence-corrected chi connectivity index (χ4v) is 2.83. The molecule has 6 heteroatoms. The van der Waals surface area contributed by atoms with E-state index in [9.17, 15) is 0 Å². The summed E-state index contributed by atoms with van der Waals surface area (Å²) >= 11 is 0. The summed E-state index contributed by atoms with van der Waals surface area (Å²) in [7, 11) is 1.66. The maximum absolute atomic E-state index is 5.18. The summed E-state index contributed by atoms with van der Waals surface area (Å²) in [5, 5.41) is 12.0. The van der Waals surface area contributed by atoms with Crippen LogP contribution in [-0.2, 0) is 6.44 Å². The average molecular weight is 316 g/mol. The van der Waals surface area contributed by atoms with E-state index in [1.165, 1.54) is 5.56 Å². The van der Waals surface area contributed by atoms with Crippen molar-refractivity contribution in [2.24, 2.45) is 0 Å². The highest BCUT2D eigenvalue weighted by atomic mass is 16.5. The minimum Gasteiger partial charge on any atom is -0.497 e.